The Bertz CT molecular complexity index is 691. The Morgan fingerprint density at radius 3 is 2.62 bits per heavy atom. The second kappa shape index (κ2) is 6.31. The lowest BCUT2D eigenvalue weighted by Crippen LogP contribution is -2.04. The molecule has 0 aliphatic heterocycles. The number of carbonyl (C=O) groups is 1. The van der Waals surface area contributed by atoms with E-state index in [1.165, 1.54) is 37.6 Å². The molecular weight excluding hydrogens is 299 g/mol. The Balaban J connectivity index is 2.36. The van der Waals surface area contributed by atoms with E-state index in [4.69, 9.17) is 0 Å². The molecule has 6 nitrogen and oxygen atoms in total. The average molecular weight is 308 g/mol. The smallest absolute Gasteiger partial charge is 0.339 e. The fraction of sp³-hybridized carbons (Fsp3) is 0.0769. The van der Waals surface area contributed by atoms with E-state index in [2.05, 4.69) is 9.72 Å². The predicted octanol–water partition coefficient (Wildman–Crippen LogP) is 3.07. The molecule has 0 aliphatic rings. The minimum absolute atomic E-state index is 0.00680. The monoisotopic (exact) mass is 308 g/mol. The van der Waals surface area contributed by atoms with Crippen molar-refractivity contribution >= 4 is 23.4 Å². The first-order valence-corrected chi connectivity index (χ1v) is 6.49. The number of benzene rings is 1. The third-order valence-corrected chi connectivity index (χ3v) is 3.49. The zero-order valence-corrected chi connectivity index (χ0v) is 11.6. The lowest BCUT2D eigenvalue weighted by molar-refractivity contribution is -0.388. The van der Waals surface area contributed by atoms with Crippen molar-refractivity contribution in [2.24, 2.45) is 0 Å². The van der Waals surface area contributed by atoms with Gasteiger partial charge in [-0.3, -0.25) is 10.1 Å². The molecule has 0 unspecified atom stereocenters. The maximum atomic E-state index is 12.8. The molecular formula is C13H9FN2O4S. The van der Waals surface area contributed by atoms with Crippen LogP contribution in [0.25, 0.3) is 0 Å². The first-order chi connectivity index (χ1) is 10.0. The number of nitrogens with zero attached hydrogens (tertiary/aromatic N) is 2. The number of pyridine rings is 1. The summed E-state index contributed by atoms with van der Waals surface area (Å²) in [5.74, 6) is -1.10. The van der Waals surface area contributed by atoms with Crippen LogP contribution in [0.5, 0.6) is 0 Å². The van der Waals surface area contributed by atoms with Crippen molar-refractivity contribution in [1.82, 2.24) is 4.98 Å². The molecule has 1 heterocycles. The van der Waals surface area contributed by atoms with E-state index in [0.717, 1.165) is 17.8 Å². The van der Waals surface area contributed by atoms with Crippen molar-refractivity contribution in [3.8, 4) is 0 Å². The fourth-order valence-electron chi connectivity index (χ4n) is 1.49. The highest BCUT2D eigenvalue weighted by Crippen LogP contribution is 2.33. The highest BCUT2D eigenvalue weighted by molar-refractivity contribution is 7.99. The molecule has 8 heteroatoms. The van der Waals surface area contributed by atoms with Crippen LogP contribution < -0.4 is 0 Å². The summed E-state index contributed by atoms with van der Waals surface area (Å²) in [5, 5.41) is 11.2. The maximum Gasteiger partial charge on any atom is 0.339 e. The van der Waals surface area contributed by atoms with Crippen LogP contribution in [-0.4, -0.2) is 23.0 Å². The van der Waals surface area contributed by atoms with Crippen LogP contribution in [-0.2, 0) is 4.74 Å². The molecule has 21 heavy (non-hydrogen) atoms. The molecule has 108 valence electrons. The van der Waals surface area contributed by atoms with Crippen molar-refractivity contribution in [2.75, 3.05) is 7.11 Å². The largest absolute Gasteiger partial charge is 0.465 e. The second-order valence-electron chi connectivity index (χ2n) is 3.85. The number of ether oxygens (including phenoxy) is 1. The number of esters is 1. The van der Waals surface area contributed by atoms with Gasteiger partial charge in [0.25, 0.3) is 0 Å². The van der Waals surface area contributed by atoms with Crippen LogP contribution in [0.3, 0.4) is 0 Å². The summed E-state index contributed by atoms with van der Waals surface area (Å²) in [7, 11) is 1.18. The van der Waals surface area contributed by atoms with E-state index in [0.29, 0.717) is 4.90 Å². The van der Waals surface area contributed by atoms with E-state index in [1.807, 2.05) is 0 Å². The summed E-state index contributed by atoms with van der Waals surface area (Å²) in [6, 6.07) is 6.57. The molecule has 2 rings (SSSR count). The van der Waals surface area contributed by atoms with Crippen LogP contribution in [0.4, 0.5) is 10.1 Å². The quantitative estimate of drug-likeness (QED) is 0.490. The first kappa shape index (κ1) is 14.9. The van der Waals surface area contributed by atoms with E-state index in [-0.39, 0.29) is 16.3 Å². The fourth-order valence-corrected chi connectivity index (χ4v) is 2.33. The normalized spacial score (nSPS) is 10.2. The molecule has 0 atom stereocenters. The lowest BCUT2D eigenvalue weighted by atomic mass is 10.3. The summed E-state index contributed by atoms with van der Waals surface area (Å²) in [5.41, 5.74) is -0.320. The predicted molar refractivity (Wildman–Crippen MR) is 72.8 cm³/mol. The summed E-state index contributed by atoms with van der Waals surface area (Å²) in [4.78, 5) is 26.3. The highest BCUT2D eigenvalue weighted by Gasteiger charge is 2.20. The zero-order valence-electron chi connectivity index (χ0n) is 10.8. The van der Waals surface area contributed by atoms with Crippen LogP contribution in [0.1, 0.15) is 10.4 Å². The van der Waals surface area contributed by atoms with Crippen molar-refractivity contribution < 1.29 is 18.8 Å². The van der Waals surface area contributed by atoms with E-state index < -0.39 is 16.7 Å². The summed E-state index contributed by atoms with van der Waals surface area (Å²) in [6.45, 7) is 0. The van der Waals surface area contributed by atoms with E-state index in [9.17, 15) is 19.3 Å². The molecule has 1 aromatic carbocycles. The Kier molecular flexibility index (Phi) is 4.49. The number of rotatable bonds is 4. The standard InChI is InChI=1S/C13H9FN2O4S/c1-20-13(17)8-6-11(16(18)19)12(15-7-8)21-10-4-2-9(14)3-5-10/h2-7H,1H3. The van der Waals surface area contributed by atoms with Gasteiger partial charge in [0.15, 0.2) is 5.03 Å². The Morgan fingerprint density at radius 1 is 1.38 bits per heavy atom. The molecule has 0 saturated heterocycles. The van der Waals surface area contributed by atoms with Crippen LogP contribution in [0, 0.1) is 15.9 Å². The van der Waals surface area contributed by atoms with Crippen LogP contribution >= 0.6 is 11.8 Å². The van der Waals surface area contributed by atoms with Gasteiger partial charge in [-0.25, -0.2) is 14.2 Å². The molecule has 1 aromatic heterocycles. The summed E-state index contributed by atoms with van der Waals surface area (Å²) < 4.78 is 17.3. The Hall–Kier alpha value is -2.48. The third kappa shape index (κ3) is 3.54. The number of methoxy groups -OCH3 is 1. The number of hydrogen-bond donors (Lipinski definition) is 0. The SMILES string of the molecule is COC(=O)c1cnc(Sc2ccc(F)cc2)c([N+](=O)[O-])c1. The number of hydrogen-bond acceptors (Lipinski definition) is 6. The van der Waals surface area contributed by atoms with E-state index >= 15 is 0 Å². The molecule has 0 saturated carbocycles. The van der Waals surface area contributed by atoms with E-state index in [1.54, 1.807) is 0 Å². The molecule has 0 N–H and O–H groups in total. The Labute approximate surface area is 123 Å². The Morgan fingerprint density at radius 2 is 2.05 bits per heavy atom. The maximum absolute atomic E-state index is 12.8. The molecule has 0 fully saturated rings. The average Bonchev–Trinajstić information content (AvgIpc) is 2.49. The molecule has 0 aliphatic carbocycles. The minimum Gasteiger partial charge on any atom is -0.465 e. The van der Waals surface area contributed by atoms with Crippen molar-refractivity contribution in [1.29, 1.82) is 0 Å². The van der Waals surface area contributed by atoms with Gasteiger partial charge in [0.05, 0.1) is 17.6 Å². The molecule has 2 aromatic rings. The van der Waals surface area contributed by atoms with Crippen molar-refractivity contribution in [2.45, 2.75) is 9.92 Å². The molecule has 0 radical (unpaired) electrons. The number of carbonyl (C=O) groups excluding carboxylic acids is 1. The van der Waals surface area contributed by atoms with Gasteiger partial charge >= 0.3 is 11.7 Å². The van der Waals surface area contributed by atoms with Gasteiger partial charge in [-0.05, 0) is 24.3 Å². The summed E-state index contributed by atoms with van der Waals surface area (Å²) >= 11 is 1.01. The second-order valence-corrected chi connectivity index (χ2v) is 4.92. The van der Waals surface area contributed by atoms with Gasteiger partial charge in [-0.1, -0.05) is 11.8 Å². The number of aromatic nitrogens is 1. The first-order valence-electron chi connectivity index (χ1n) is 5.67. The number of halogens is 1. The lowest BCUT2D eigenvalue weighted by Gasteiger charge is -2.04. The van der Waals surface area contributed by atoms with Gasteiger partial charge in [0.1, 0.15) is 5.82 Å². The van der Waals surface area contributed by atoms with Crippen LogP contribution in [0.2, 0.25) is 0 Å². The third-order valence-electron chi connectivity index (χ3n) is 2.48. The van der Waals surface area contributed by atoms with Gasteiger partial charge in [-0.15, -0.1) is 0 Å². The van der Waals surface area contributed by atoms with Gasteiger partial charge in [0, 0.05) is 17.2 Å². The number of nitro groups is 1. The zero-order chi connectivity index (χ0) is 15.4. The molecule has 0 bridgehead atoms. The molecule has 0 amide bonds. The topological polar surface area (TPSA) is 82.3 Å². The summed E-state index contributed by atoms with van der Waals surface area (Å²) in [6.07, 6.45) is 1.20. The highest BCUT2D eigenvalue weighted by atomic mass is 32.2. The van der Waals surface area contributed by atoms with Crippen LogP contribution in [0.15, 0.2) is 46.5 Å². The van der Waals surface area contributed by atoms with Gasteiger partial charge < -0.3 is 4.74 Å². The van der Waals surface area contributed by atoms with Gasteiger partial charge in [-0.2, -0.15) is 0 Å². The van der Waals surface area contributed by atoms with Gasteiger partial charge in [0.2, 0.25) is 0 Å². The minimum atomic E-state index is -0.705. The van der Waals surface area contributed by atoms with Crippen molar-refractivity contribution in [3.05, 3.63) is 58.0 Å². The van der Waals surface area contributed by atoms with Crippen molar-refractivity contribution in [3.63, 3.8) is 0 Å². The molecule has 0 spiro atoms.